The van der Waals surface area contributed by atoms with Crippen LogP contribution in [0.2, 0.25) is 5.02 Å². The molecule has 27 heavy (non-hydrogen) atoms. The number of aromatic amines is 1. The molecule has 0 fully saturated rings. The van der Waals surface area contributed by atoms with E-state index in [9.17, 15) is 9.59 Å². The maximum atomic E-state index is 11.4. The number of esters is 2. The van der Waals surface area contributed by atoms with E-state index in [4.69, 9.17) is 11.6 Å². The van der Waals surface area contributed by atoms with Crippen molar-refractivity contribution in [1.29, 1.82) is 0 Å². The number of ether oxygens (including phenoxy) is 2. The van der Waals surface area contributed by atoms with Gasteiger partial charge in [-0.15, -0.1) is 0 Å². The molecule has 2 aromatic heterocycles. The van der Waals surface area contributed by atoms with Crippen LogP contribution < -0.4 is 0 Å². The standard InChI is InChI=1S/C12H11ClN2O2.C6H8N2O2/c1-8-11(12(16)17-2)7-15(14-8)10-5-3-4-9(13)6-10;1-4-5(3-7-8-4)6(9)10-2/h3-7H,1-2H3;3H,1-2H3,(H,7,8). The van der Waals surface area contributed by atoms with Crippen molar-refractivity contribution >= 4 is 23.5 Å². The predicted octanol–water partition coefficient (Wildman–Crippen LogP) is 3.13. The van der Waals surface area contributed by atoms with Crippen molar-refractivity contribution in [3.8, 4) is 5.69 Å². The molecule has 0 saturated carbocycles. The SMILES string of the molecule is COC(=O)c1cn(-c2cccc(Cl)c2)nc1C.COC(=O)c1cn[nH]c1C. The highest BCUT2D eigenvalue weighted by Gasteiger charge is 2.14. The second kappa shape index (κ2) is 9.00. The highest BCUT2D eigenvalue weighted by atomic mass is 35.5. The first-order chi connectivity index (χ1) is 12.9. The topological polar surface area (TPSA) is 99.1 Å². The molecule has 0 atom stereocenters. The lowest BCUT2D eigenvalue weighted by Crippen LogP contribution is -2.01. The van der Waals surface area contributed by atoms with Gasteiger partial charge in [0.1, 0.15) is 11.1 Å². The molecular formula is C18H19ClN4O4. The molecule has 9 heteroatoms. The van der Waals surface area contributed by atoms with Gasteiger partial charge >= 0.3 is 11.9 Å². The molecule has 8 nitrogen and oxygen atoms in total. The molecule has 142 valence electrons. The number of H-pyrrole nitrogens is 1. The third-order valence-corrected chi connectivity index (χ3v) is 3.85. The maximum absolute atomic E-state index is 11.4. The van der Waals surface area contributed by atoms with E-state index in [1.165, 1.54) is 20.4 Å². The summed E-state index contributed by atoms with van der Waals surface area (Å²) in [6.45, 7) is 3.52. The van der Waals surface area contributed by atoms with Crippen LogP contribution in [0.5, 0.6) is 0 Å². The number of nitrogens with zero attached hydrogens (tertiary/aromatic N) is 3. The Kier molecular flexibility index (Phi) is 6.73. The number of hydrogen-bond donors (Lipinski definition) is 1. The molecule has 1 aromatic carbocycles. The summed E-state index contributed by atoms with van der Waals surface area (Å²) in [5.74, 6) is -0.748. The van der Waals surface area contributed by atoms with E-state index in [1.807, 2.05) is 12.1 Å². The van der Waals surface area contributed by atoms with Crippen LogP contribution in [0.3, 0.4) is 0 Å². The molecule has 0 amide bonds. The minimum Gasteiger partial charge on any atom is -0.465 e. The average molecular weight is 391 g/mol. The van der Waals surface area contributed by atoms with Gasteiger partial charge in [0.2, 0.25) is 0 Å². The Morgan fingerprint density at radius 2 is 1.78 bits per heavy atom. The van der Waals surface area contributed by atoms with Crippen molar-refractivity contribution in [2.45, 2.75) is 13.8 Å². The van der Waals surface area contributed by atoms with Crippen molar-refractivity contribution in [2.24, 2.45) is 0 Å². The fraction of sp³-hybridized carbons (Fsp3) is 0.222. The number of carbonyl (C=O) groups is 2. The Labute approximate surface area is 161 Å². The molecular weight excluding hydrogens is 372 g/mol. The fourth-order valence-electron chi connectivity index (χ4n) is 2.19. The average Bonchev–Trinajstić information content (AvgIpc) is 3.26. The van der Waals surface area contributed by atoms with Crippen LogP contribution in [0.15, 0.2) is 36.7 Å². The van der Waals surface area contributed by atoms with Gasteiger partial charge in [-0.1, -0.05) is 17.7 Å². The van der Waals surface area contributed by atoms with Crippen molar-refractivity contribution in [3.63, 3.8) is 0 Å². The van der Waals surface area contributed by atoms with E-state index < -0.39 is 5.97 Å². The van der Waals surface area contributed by atoms with Gasteiger partial charge in [-0.2, -0.15) is 10.2 Å². The summed E-state index contributed by atoms with van der Waals surface area (Å²) in [7, 11) is 2.69. The van der Waals surface area contributed by atoms with E-state index >= 15 is 0 Å². The highest BCUT2D eigenvalue weighted by Crippen LogP contribution is 2.16. The summed E-state index contributed by atoms with van der Waals surface area (Å²) in [4.78, 5) is 22.3. The van der Waals surface area contributed by atoms with Crippen molar-refractivity contribution in [3.05, 3.63) is 64.2 Å². The van der Waals surface area contributed by atoms with E-state index in [2.05, 4.69) is 24.8 Å². The number of halogens is 1. The summed E-state index contributed by atoms with van der Waals surface area (Å²) < 4.78 is 10.8. The zero-order valence-corrected chi connectivity index (χ0v) is 16.1. The molecule has 0 radical (unpaired) electrons. The Morgan fingerprint density at radius 3 is 2.33 bits per heavy atom. The molecule has 0 spiro atoms. The minimum absolute atomic E-state index is 0.355. The molecule has 3 aromatic rings. The first-order valence-corrected chi connectivity index (χ1v) is 8.24. The summed E-state index contributed by atoms with van der Waals surface area (Å²) in [6.07, 6.45) is 3.08. The Morgan fingerprint density at radius 1 is 1.11 bits per heavy atom. The van der Waals surface area contributed by atoms with Gasteiger partial charge in [0, 0.05) is 16.9 Å². The number of hydrogen-bond acceptors (Lipinski definition) is 6. The molecule has 3 rings (SSSR count). The van der Waals surface area contributed by atoms with E-state index in [0.717, 1.165) is 11.4 Å². The summed E-state index contributed by atoms with van der Waals surface area (Å²) >= 11 is 5.90. The molecule has 0 saturated heterocycles. The van der Waals surface area contributed by atoms with Crippen LogP contribution in [0.25, 0.3) is 5.69 Å². The minimum atomic E-state index is -0.393. The number of nitrogens with one attached hydrogen (secondary N) is 1. The molecule has 0 aliphatic heterocycles. The van der Waals surface area contributed by atoms with Crippen LogP contribution in [-0.4, -0.2) is 46.1 Å². The van der Waals surface area contributed by atoms with E-state index in [-0.39, 0.29) is 5.97 Å². The first kappa shape index (κ1) is 20.2. The van der Waals surface area contributed by atoms with Crippen LogP contribution in [-0.2, 0) is 9.47 Å². The summed E-state index contributed by atoms with van der Waals surface area (Å²) in [6, 6.07) is 7.24. The number of aromatic nitrogens is 4. The van der Waals surface area contributed by atoms with Crippen molar-refractivity contribution in [2.75, 3.05) is 14.2 Å². The molecule has 0 bridgehead atoms. The Balaban J connectivity index is 0.000000223. The fourth-order valence-corrected chi connectivity index (χ4v) is 2.37. The zero-order valence-electron chi connectivity index (χ0n) is 15.3. The molecule has 2 heterocycles. The second-order valence-electron chi connectivity index (χ2n) is 5.44. The van der Waals surface area contributed by atoms with Gasteiger partial charge in [-0.05, 0) is 32.0 Å². The van der Waals surface area contributed by atoms with Gasteiger partial charge in [0.25, 0.3) is 0 Å². The van der Waals surface area contributed by atoms with Crippen molar-refractivity contribution < 1.29 is 19.1 Å². The Hall–Kier alpha value is -3.13. The lowest BCUT2D eigenvalue weighted by atomic mass is 10.3. The molecule has 0 unspecified atom stereocenters. The molecule has 0 aliphatic rings. The van der Waals surface area contributed by atoms with Gasteiger partial charge in [-0.3, -0.25) is 5.10 Å². The van der Waals surface area contributed by atoms with Crippen LogP contribution in [0.4, 0.5) is 0 Å². The monoisotopic (exact) mass is 390 g/mol. The van der Waals surface area contributed by atoms with E-state index in [1.54, 1.807) is 36.9 Å². The number of methoxy groups -OCH3 is 2. The van der Waals surface area contributed by atoms with E-state index in [0.29, 0.717) is 21.8 Å². The second-order valence-corrected chi connectivity index (χ2v) is 5.88. The molecule has 1 N–H and O–H groups in total. The number of aryl methyl sites for hydroxylation is 2. The third kappa shape index (κ3) is 4.95. The first-order valence-electron chi connectivity index (χ1n) is 7.86. The highest BCUT2D eigenvalue weighted by molar-refractivity contribution is 6.30. The van der Waals surface area contributed by atoms with Crippen LogP contribution in [0.1, 0.15) is 32.1 Å². The number of rotatable bonds is 3. The quantitative estimate of drug-likeness (QED) is 0.690. The lowest BCUT2D eigenvalue weighted by molar-refractivity contribution is 0.0591. The van der Waals surface area contributed by atoms with Gasteiger partial charge in [-0.25, -0.2) is 14.3 Å². The zero-order chi connectivity index (χ0) is 20.0. The van der Waals surface area contributed by atoms with Crippen LogP contribution >= 0.6 is 11.6 Å². The maximum Gasteiger partial charge on any atom is 0.341 e. The van der Waals surface area contributed by atoms with Crippen LogP contribution in [0, 0.1) is 13.8 Å². The number of benzene rings is 1. The lowest BCUT2D eigenvalue weighted by Gasteiger charge is -2.00. The Bertz CT molecular complexity index is 948. The molecule has 0 aliphatic carbocycles. The van der Waals surface area contributed by atoms with Gasteiger partial charge < -0.3 is 9.47 Å². The number of carbonyl (C=O) groups excluding carboxylic acids is 2. The normalized spacial score (nSPS) is 9.96. The van der Waals surface area contributed by atoms with Gasteiger partial charge in [0.05, 0.1) is 31.8 Å². The largest absolute Gasteiger partial charge is 0.465 e. The third-order valence-electron chi connectivity index (χ3n) is 3.61. The van der Waals surface area contributed by atoms with Gasteiger partial charge in [0.15, 0.2) is 0 Å². The van der Waals surface area contributed by atoms with Crippen molar-refractivity contribution in [1.82, 2.24) is 20.0 Å². The summed E-state index contributed by atoms with van der Waals surface area (Å²) in [5, 5.41) is 11.2. The predicted molar refractivity (Wildman–Crippen MR) is 99.3 cm³/mol. The smallest absolute Gasteiger partial charge is 0.341 e. The summed E-state index contributed by atoms with van der Waals surface area (Å²) in [5.41, 5.74) is 3.09.